The summed E-state index contributed by atoms with van der Waals surface area (Å²) in [7, 11) is 0. The van der Waals surface area contributed by atoms with Crippen LogP contribution in [0.1, 0.15) is 6.23 Å². The van der Waals surface area contributed by atoms with Crippen LogP contribution in [0.15, 0.2) is 17.4 Å². The molecule has 1 aliphatic rings. The van der Waals surface area contributed by atoms with Crippen LogP contribution < -0.4 is 5.56 Å². The molecular weight excluding hydrogens is 228 g/mol. The Kier molecular flexibility index (Phi) is 2.39. The number of imidazole rings is 1. The molecule has 0 spiro atoms. The standard InChI is InChI=1S/C9H10N4O4/c14-1-6-16-2-5(17-6)13-4-12-7-8(13)10-3-11-9(7)15/h3-6,14H,1-2H2,(H,10,11,15)/t5-,6-/m1/s1. The van der Waals surface area contributed by atoms with E-state index in [0.29, 0.717) is 5.65 Å². The summed E-state index contributed by atoms with van der Waals surface area (Å²) in [6.07, 6.45) is 1.72. The molecule has 90 valence electrons. The van der Waals surface area contributed by atoms with Gasteiger partial charge in [-0.05, 0) is 0 Å². The Hall–Kier alpha value is -1.77. The van der Waals surface area contributed by atoms with E-state index in [1.54, 1.807) is 4.57 Å². The number of aliphatic hydroxyl groups is 1. The minimum atomic E-state index is -0.639. The van der Waals surface area contributed by atoms with Crippen LogP contribution >= 0.6 is 0 Å². The number of H-pyrrole nitrogens is 1. The van der Waals surface area contributed by atoms with Crippen molar-refractivity contribution in [1.82, 2.24) is 19.5 Å². The van der Waals surface area contributed by atoms with Crippen LogP contribution in [-0.2, 0) is 9.47 Å². The molecule has 2 N–H and O–H groups in total. The predicted octanol–water partition coefficient (Wildman–Crippen LogP) is -1.02. The van der Waals surface area contributed by atoms with Crippen molar-refractivity contribution in [2.75, 3.05) is 13.2 Å². The summed E-state index contributed by atoms with van der Waals surface area (Å²) in [5, 5.41) is 8.89. The van der Waals surface area contributed by atoms with Crippen LogP contribution in [0.25, 0.3) is 11.2 Å². The minimum absolute atomic E-state index is 0.211. The maximum Gasteiger partial charge on any atom is 0.278 e. The molecule has 8 nitrogen and oxygen atoms in total. The van der Waals surface area contributed by atoms with Crippen LogP contribution in [0.5, 0.6) is 0 Å². The zero-order valence-corrected chi connectivity index (χ0v) is 8.74. The van der Waals surface area contributed by atoms with Crippen LogP contribution in [0.3, 0.4) is 0 Å². The first-order valence-corrected chi connectivity index (χ1v) is 5.07. The molecule has 3 rings (SSSR count). The van der Waals surface area contributed by atoms with E-state index in [1.807, 2.05) is 0 Å². The number of hydrogen-bond donors (Lipinski definition) is 2. The lowest BCUT2D eigenvalue weighted by Gasteiger charge is -2.10. The molecule has 0 aliphatic carbocycles. The van der Waals surface area contributed by atoms with Crippen molar-refractivity contribution in [3.8, 4) is 0 Å². The fraction of sp³-hybridized carbons (Fsp3) is 0.444. The van der Waals surface area contributed by atoms with Crippen molar-refractivity contribution in [2.45, 2.75) is 12.5 Å². The second-order valence-corrected chi connectivity index (χ2v) is 3.59. The van der Waals surface area contributed by atoms with E-state index < -0.39 is 12.5 Å². The average molecular weight is 238 g/mol. The normalized spacial score (nSPS) is 24.5. The van der Waals surface area contributed by atoms with Gasteiger partial charge in [0.25, 0.3) is 5.56 Å². The highest BCUT2D eigenvalue weighted by Crippen LogP contribution is 2.22. The van der Waals surface area contributed by atoms with E-state index in [9.17, 15) is 4.79 Å². The first kappa shape index (κ1) is 10.4. The second kappa shape index (κ2) is 3.91. The number of ether oxygens (including phenoxy) is 2. The Labute approximate surface area is 94.8 Å². The van der Waals surface area contributed by atoms with E-state index in [4.69, 9.17) is 14.6 Å². The lowest BCUT2D eigenvalue weighted by atomic mass is 10.5. The number of fused-ring (bicyclic) bond motifs is 1. The largest absolute Gasteiger partial charge is 0.391 e. The highest BCUT2D eigenvalue weighted by molar-refractivity contribution is 5.68. The number of aromatic nitrogens is 4. The van der Waals surface area contributed by atoms with Crippen LogP contribution in [-0.4, -0.2) is 44.1 Å². The molecule has 8 heteroatoms. The number of hydrogen-bond acceptors (Lipinski definition) is 6. The second-order valence-electron chi connectivity index (χ2n) is 3.59. The van der Waals surface area contributed by atoms with Crippen molar-refractivity contribution in [3.63, 3.8) is 0 Å². The van der Waals surface area contributed by atoms with Crippen molar-refractivity contribution in [3.05, 3.63) is 23.0 Å². The van der Waals surface area contributed by atoms with Crippen molar-refractivity contribution in [2.24, 2.45) is 0 Å². The molecule has 0 bridgehead atoms. The SMILES string of the molecule is O=c1[nH]cnc2c1ncn2[C@H]1CO[C@@H](CO)O1. The number of aromatic amines is 1. The van der Waals surface area contributed by atoms with Gasteiger partial charge in [-0.3, -0.25) is 9.36 Å². The maximum absolute atomic E-state index is 11.4. The Morgan fingerprint density at radius 3 is 3.24 bits per heavy atom. The summed E-state index contributed by atoms with van der Waals surface area (Å²) in [6, 6.07) is 0. The van der Waals surface area contributed by atoms with Crippen LogP contribution in [0.4, 0.5) is 0 Å². The van der Waals surface area contributed by atoms with Gasteiger partial charge in [-0.15, -0.1) is 0 Å². The lowest BCUT2D eigenvalue weighted by molar-refractivity contribution is -0.0980. The third-order valence-electron chi connectivity index (χ3n) is 2.56. The van der Waals surface area contributed by atoms with Crippen molar-refractivity contribution >= 4 is 11.2 Å². The quantitative estimate of drug-likeness (QED) is 0.694. The van der Waals surface area contributed by atoms with E-state index in [1.165, 1.54) is 12.7 Å². The Bertz CT molecular complexity index is 592. The Balaban J connectivity index is 2.02. The molecule has 2 atom stereocenters. The third kappa shape index (κ3) is 1.62. The van der Waals surface area contributed by atoms with Gasteiger partial charge in [0.2, 0.25) is 0 Å². The van der Waals surface area contributed by atoms with Crippen LogP contribution in [0.2, 0.25) is 0 Å². The summed E-state index contributed by atoms with van der Waals surface area (Å²) in [4.78, 5) is 21.9. The zero-order valence-electron chi connectivity index (χ0n) is 8.74. The Morgan fingerprint density at radius 2 is 2.47 bits per heavy atom. The fourth-order valence-corrected chi connectivity index (χ4v) is 1.76. The van der Waals surface area contributed by atoms with Gasteiger partial charge in [0.05, 0.1) is 25.9 Å². The molecule has 3 heterocycles. The van der Waals surface area contributed by atoms with Gasteiger partial charge in [-0.2, -0.15) is 0 Å². The summed E-state index contributed by atoms with van der Waals surface area (Å²) < 4.78 is 12.2. The molecule has 0 radical (unpaired) electrons. The molecule has 1 fully saturated rings. The maximum atomic E-state index is 11.4. The number of aliphatic hydroxyl groups excluding tert-OH is 1. The average Bonchev–Trinajstić information content (AvgIpc) is 2.94. The van der Waals surface area contributed by atoms with Crippen LogP contribution in [0, 0.1) is 0 Å². The van der Waals surface area contributed by atoms with Crippen molar-refractivity contribution in [1.29, 1.82) is 0 Å². The molecule has 2 aromatic heterocycles. The molecule has 0 saturated carbocycles. The molecule has 0 amide bonds. The van der Waals surface area contributed by atoms with E-state index in [0.717, 1.165) is 0 Å². The molecule has 2 aromatic rings. The molecule has 1 saturated heterocycles. The van der Waals surface area contributed by atoms with Gasteiger partial charge in [0, 0.05) is 0 Å². The number of nitrogens with one attached hydrogen (secondary N) is 1. The van der Waals surface area contributed by atoms with Gasteiger partial charge in [-0.1, -0.05) is 0 Å². The predicted molar refractivity (Wildman–Crippen MR) is 55.1 cm³/mol. The van der Waals surface area contributed by atoms with Gasteiger partial charge in [0.15, 0.2) is 23.7 Å². The summed E-state index contributed by atoms with van der Waals surface area (Å²) in [6.45, 7) is 0.0717. The highest BCUT2D eigenvalue weighted by atomic mass is 16.7. The molecule has 0 aromatic carbocycles. The van der Waals surface area contributed by atoms with Gasteiger partial charge < -0.3 is 19.6 Å². The zero-order chi connectivity index (χ0) is 11.8. The van der Waals surface area contributed by atoms with Gasteiger partial charge in [0.1, 0.15) is 0 Å². The number of rotatable bonds is 2. The van der Waals surface area contributed by atoms with E-state index >= 15 is 0 Å². The summed E-state index contributed by atoms with van der Waals surface area (Å²) in [5.74, 6) is 0. The third-order valence-corrected chi connectivity index (χ3v) is 2.56. The summed E-state index contributed by atoms with van der Waals surface area (Å²) >= 11 is 0. The van der Waals surface area contributed by atoms with Crippen molar-refractivity contribution < 1.29 is 14.6 Å². The summed E-state index contributed by atoms with van der Waals surface area (Å²) in [5.41, 5.74) is 0.385. The topological polar surface area (TPSA) is 102 Å². The van der Waals surface area contributed by atoms with E-state index in [2.05, 4.69) is 15.0 Å². The van der Waals surface area contributed by atoms with E-state index in [-0.39, 0.29) is 24.3 Å². The number of nitrogens with zero attached hydrogens (tertiary/aromatic N) is 3. The Morgan fingerprint density at radius 1 is 1.59 bits per heavy atom. The molecule has 0 unspecified atom stereocenters. The monoisotopic (exact) mass is 238 g/mol. The molecule has 17 heavy (non-hydrogen) atoms. The highest BCUT2D eigenvalue weighted by Gasteiger charge is 2.28. The first-order valence-electron chi connectivity index (χ1n) is 5.07. The molecule has 1 aliphatic heterocycles. The first-order chi connectivity index (χ1) is 8.29. The smallest absolute Gasteiger partial charge is 0.278 e. The lowest BCUT2D eigenvalue weighted by Crippen LogP contribution is -2.15. The fourth-order valence-electron chi connectivity index (χ4n) is 1.76. The van der Waals surface area contributed by atoms with Gasteiger partial charge >= 0.3 is 0 Å². The minimum Gasteiger partial charge on any atom is -0.391 e. The van der Waals surface area contributed by atoms with Gasteiger partial charge in [-0.25, -0.2) is 9.97 Å². The molecular formula is C9H10N4O4.